The summed E-state index contributed by atoms with van der Waals surface area (Å²) in [6, 6.07) is 0. The van der Waals surface area contributed by atoms with Crippen LogP contribution in [0.1, 0.15) is 71.6 Å². The number of unbranched alkanes of at least 4 members (excludes halogenated alkanes) is 6. The fourth-order valence-corrected chi connectivity index (χ4v) is 2.45. The smallest absolute Gasteiger partial charge is 0.183 e. The number of allylic oxidation sites excluding steroid dienone is 1. The van der Waals surface area contributed by atoms with E-state index >= 15 is 0 Å². The minimum atomic E-state index is -1.50. The molecule has 0 radical (unpaired) electrons. The van der Waals surface area contributed by atoms with Crippen LogP contribution in [0.3, 0.4) is 0 Å². The number of aliphatic hydroxyl groups is 4. The van der Waals surface area contributed by atoms with Gasteiger partial charge in [0.1, 0.15) is 12.2 Å². The van der Waals surface area contributed by atoms with Gasteiger partial charge in [-0.3, -0.25) is 0 Å². The highest BCUT2D eigenvalue weighted by atomic mass is 16.6. The molecule has 0 aromatic carbocycles. The van der Waals surface area contributed by atoms with Crippen molar-refractivity contribution in [2.24, 2.45) is 0 Å². The summed E-state index contributed by atoms with van der Waals surface area (Å²) in [5.41, 5.74) is 0. The summed E-state index contributed by atoms with van der Waals surface area (Å²) in [6.07, 6.45) is 5.46. The Morgan fingerprint density at radius 3 is 2.04 bits per heavy atom. The predicted octanol–water partition coefficient (Wildman–Crippen LogP) is 2.51. The van der Waals surface area contributed by atoms with E-state index in [-0.39, 0.29) is 6.10 Å². The molecule has 0 rings (SSSR count). The van der Waals surface area contributed by atoms with Crippen LogP contribution in [0, 0.1) is 0 Å². The van der Waals surface area contributed by atoms with Crippen molar-refractivity contribution in [1.29, 1.82) is 0 Å². The molecule has 4 N–H and O–H groups in total. The molecule has 2 unspecified atom stereocenters. The predicted molar refractivity (Wildman–Crippen MR) is 92.0 cm³/mol. The van der Waals surface area contributed by atoms with Gasteiger partial charge in [-0.2, -0.15) is 0 Å². The second-order valence-electron chi connectivity index (χ2n) is 6.28. The maximum Gasteiger partial charge on any atom is 0.183 e. The van der Waals surface area contributed by atoms with Gasteiger partial charge in [-0.1, -0.05) is 45.1 Å². The molecule has 0 aliphatic rings. The largest absolute Gasteiger partial charge is 0.390 e. The van der Waals surface area contributed by atoms with Crippen molar-refractivity contribution < 1.29 is 25.2 Å². The zero-order chi connectivity index (χ0) is 17.7. The Bertz CT molecular complexity index is 285. The Kier molecular flexibility index (Phi) is 13.7. The molecular weight excluding hydrogens is 296 g/mol. The van der Waals surface area contributed by atoms with Gasteiger partial charge in [0.25, 0.3) is 0 Å². The number of ether oxygens (including phenoxy) is 1. The molecule has 0 aliphatic heterocycles. The van der Waals surface area contributed by atoms with E-state index in [1.165, 1.54) is 25.7 Å². The fraction of sp³-hybridized carbons (Fsp3) is 0.889. The molecule has 0 spiro atoms. The van der Waals surface area contributed by atoms with Gasteiger partial charge in [-0.25, -0.2) is 0 Å². The lowest BCUT2D eigenvalue weighted by atomic mass is 10.0. The first-order chi connectivity index (χ1) is 10.9. The van der Waals surface area contributed by atoms with Crippen molar-refractivity contribution in [3.05, 3.63) is 12.7 Å². The molecule has 5 nitrogen and oxygen atoms in total. The van der Waals surface area contributed by atoms with Crippen LogP contribution in [0.4, 0.5) is 0 Å². The average molecular weight is 332 g/mol. The van der Waals surface area contributed by atoms with E-state index < -0.39 is 24.6 Å². The Balaban J connectivity index is 3.75. The molecule has 0 aliphatic carbocycles. The third-order valence-corrected chi connectivity index (χ3v) is 4.10. The molecule has 0 fully saturated rings. The van der Waals surface area contributed by atoms with Crippen molar-refractivity contribution in [1.82, 2.24) is 0 Å². The first-order valence-electron chi connectivity index (χ1n) is 8.92. The highest BCUT2D eigenvalue weighted by molar-refractivity contribution is 4.76. The minimum absolute atomic E-state index is 0.202. The van der Waals surface area contributed by atoms with Crippen molar-refractivity contribution in [2.45, 2.75) is 102 Å². The quantitative estimate of drug-likeness (QED) is 0.210. The summed E-state index contributed by atoms with van der Waals surface area (Å²) in [5, 5.41) is 38.7. The molecule has 0 saturated heterocycles. The SMILES string of the molecule is C=CCCCCCCCCC(C)O[C@H](O)[C@@H](O)C(O)[C@@H](O)CC. The summed E-state index contributed by atoms with van der Waals surface area (Å²) in [5.74, 6) is 0. The summed E-state index contributed by atoms with van der Waals surface area (Å²) >= 11 is 0. The van der Waals surface area contributed by atoms with E-state index in [2.05, 4.69) is 6.58 Å². The van der Waals surface area contributed by atoms with Gasteiger partial charge in [-0.15, -0.1) is 6.58 Å². The van der Waals surface area contributed by atoms with E-state index in [0.717, 1.165) is 25.7 Å². The second-order valence-corrected chi connectivity index (χ2v) is 6.28. The third-order valence-electron chi connectivity index (χ3n) is 4.10. The lowest BCUT2D eigenvalue weighted by Crippen LogP contribution is -2.46. The molecular formula is C18H36O5. The highest BCUT2D eigenvalue weighted by Gasteiger charge is 2.30. The minimum Gasteiger partial charge on any atom is -0.390 e. The summed E-state index contributed by atoms with van der Waals surface area (Å²) in [4.78, 5) is 0. The highest BCUT2D eigenvalue weighted by Crippen LogP contribution is 2.14. The number of hydrogen-bond donors (Lipinski definition) is 4. The van der Waals surface area contributed by atoms with E-state index in [4.69, 9.17) is 4.74 Å². The zero-order valence-electron chi connectivity index (χ0n) is 14.7. The van der Waals surface area contributed by atoms with Gasteiger partial charge in [-0.05, 0) is 32.6 Å². The van der Waals surface area contributed by atoms with Gasteiger partial charge < -0.3 is 25.2 Å². The number of aliphatic hydroxyl groups excluding tert-OH is 4. The Morgan fingerprint density at radius 2 is 1.48 bits per heavy atom. The summed E-state index contributed by atoms with van der Waals surface area (Å²) in [7, 11) is 0. The average Bonchev–Trinajstić information content (AvgIpc) is 2.54. The first kappa shape index (κ1) is 22.5. The zero-order valence-corrected chi connectivity index (χ0v) is 14.7. The van der Waals surface area contributed by atoms with Crippen LogP contribution in [0.5, 0.6) is 0 Å². The van der Waals surface area contributed by atoms with E-state index in [1.807, 2.05) is 13.0 Å². The normalized spacial score (nSPS) is 18.2. The Hall–Kier alpha value is -0.460. The molecule has 5 heteroatoms. The number of hydrogen-bond acceptors (Lipinski definition) is 5. The molecule has 5 atom stereocenters. The van der Waals surface area contributed by atoms with Crippen molar-refractivity contribution in [3.8, 4) is 0 Å². The molecule has 0 saturated carbocycles. The standard InChI is InChI=1S/C18H36O5/c1-4-6-7-8-9-10-11-12-13-14(3)23-18(22)17(21)16(20)15(19)5-2/h4,14-22H,1,5-13H2,2-3H3/t14?,15-,16?,17-,18-/m0/s1. The van der Waals surface area contributed by atoms with Crippen LogP contribution >= 0.6 is 0 Å². The van der Waals surface area contributed by atoms with E-state index in [0.29, 0.717) is 6.42 Å². The fourth-order valence-electron chi connectivity index (χ4n) is 2.45. The van der Waals surface area contributed by atoms with Crippen molar-refractivity contribution >= 4 is 0 Å². The van der Waals surface area contributed by atoms with Gasteiger partial charge in [0.2, 0.25) is 0 Å². The monoisotopic (exact) mass is 332 g/mol. The molecule has 0 amide bonds. The second kappa shape index (κ2) is 13.9. The molecule has 138 valence electrons. The maximum atomic E-state index is 9.77. The van der Waals surface area contributed by atoms with Crippen molar-refractivity contribution in [2.75, 3.05) is 0 Å². The first-order valence-corrected chi connectivity index (χ1v) is 8.92. The number of rotatable bonds is 15. The third kappa shape index (κ3) is 10.8. The molecule has 0 aromatic rings. The van der Waals surface area contributed by atoms with Gasteiger partial charge >= 0.3 is 0 Å². The maximum absolute atomic E-state index is 9.77. The van der Waals surface area contributed by atoms with Crippen molar-refractivity contribution in [3.63, 3.8) is 0 Å². The van der Waals surface area contributed by atoms with Gasteiger partial charge in [0.15, 0.2) is 6.29 Å². The van der Waals surface area contributed by atoms with E-state index in [9.17, 15) is 20.4 Å². The lowest BCUT2D eigenvalue weighted by Gasteiger charge is -2.27. The van der Waals surface area contributed by atoms with E-state index in [1.54, 1.807) is 6.92 Å². The van der Waals surface area contributed by atoms with Gasteiger partial charge in [0, 0.05) is 0 Å². The topological polar surface area (TPSA) is 90.2 Å². The van der Waals surface area contributed by atoms with Crippen LogP contribution in [0.2, 0.25) is 0 Å². The van der Waals surface area contributed by atoms with Crippen LogP contribution in [-0.2, 0) is 4.74 Å². The summed E-state index contributed by atoms with van der Waals surface area (Å²) < 4.78 is 5.31. The molecule has 0 bridgehead atoms. The van der Waals surface area contributed by atoms with Crippen LogP contribution in [-0.4, -0.2) is 51.1 Å². The molecule has 0 heterocycles. The van der Waals surface area contributed by atoms with Crippen LogP contribution in [0.25, 0.3) is 0 Å². The lowest BCUT2D eigenvalue weighted by molar-refractivity contribution is -0.218. The molecule has 0 aromatic heterocycles. The Labute approximate surface area is 141 Å². The molecule has 23 heavy (non-hydrogen) atoms. The van der Waals surface area contributed by atoms with Gasteiger partial charge in [0.05, 0.1) is 12.2 Å². The Morgan fingerprint density at radius 1 is 0.913 bits per heavy atom. The van der Waals surface area contributed by atoms with Crippen LogP contribution < -0.4 is 0 Å². The van der Waals surface area contributed by atoms with Crippen LogP contribution in [0.15, 0.2) is 12.7 Å². The summed E-state index contributed by atoms with van der Waals surface area (Å²) in [6.45, 7) is 7.23.